The van der Waals surface area contributed by atoms with Gasteiger partial charge in [-0.25, -0.2) is 4.99 Å². The molecular weight excluding hydrogens is 278 g/mol. The number of amidine groups is 1. The van der Waals surface area contributed by atoms with Crippen LogP contribution in [-0.2, 0) is 0 Å². The van der Waals surface area contributed by atoms with Gasteiger partial charge >= 0.3 is 0 Å². The molecular formula is C17H15N3O2. The van der Waals surface area contributed by atoms with Crippen molar-refractivity contribution in [2.45, 2.75) is 0 Å². The maximum Gasteiger partial charge on any atom is 0.269 e. The number of non-ortho nitro benzene ring substituents is 1. The molecule has 22 heavy (non-hydrogen) atoms. The van der Waals surface area contributed by atoms with Gasteiger partial charge in [0.05, 0.1) is 4.92 Å². The molecule has 0 spiro atoms. The summed E-state index contributed by atoms with van der Waals surface area (Å²) in [5.41, 5.74) is 7.69. The molecule has 0 aliphatic heterocycles. The summed E-state index contributed by atoms with van der Waals surface area (Å²) in [6.45, 7) is 0. The second kappa shape index (κ2) is 7.54. The van der Waals surface area contributed by atoms with Crippen LogP contribution in [0.3, 0.4) is 0 Å². The van der Waals surface area contributed by atoms with Crippen LogP contribution in [0.1, 0.15) is 11.1 Å². The highest BCUT2D eigenvalue weighted by Crippen LogP contribution is 2.12. The highest BCUT2D eigenvalue weighted by atomic mass is 16.6. The van der Waals surface area contributed by atoms with Crippen LogP contribution < -0.4 is 5.73 Å². The molecule has 0 saturated carbocycles. The first-order chi connectivity index (χ1) is 10.6. The van der Waals surface area contributed by atoms with E-state index < -0.39 is 4.92 Å². The summed E-state index contributed by atoms with van der Waals surface area (Å²) < 4.78 is 0. The van der Waals surface area contributed by atoms with E-state index in [1.165, 1.54) is 12.1 Å². The zero-order chi connectivity index (χ0) is 15.8. The molecule has 0 unspecified atom stereocenters. The standard InChI is InChI=1S/C17H15N3O2/c18-17(11-8-14-4-2-1-3-5-14)19-13-12-15-6-9-16(10-7-15)20(21)22/h1-13H,(H2,18,19)/b11-8+,13-12?. The van der Waals surface area contributed by atoms with Crippen molar-refractivity contribution in [1.82, 2.24) is 0 Å². The smallest absolute Gasteiger partial charge is 0.269 e. The number of hydrogen-bond acceptors (Lipinski definition) is 3. The lowest BCUT2D eigenvalue weighted by Gasteiger charge is -1.93. The minimum atomic E-state index is -0.433. The van der Waals surface area contributed by atoms with Gasteiger partial charge in [-0.1, -0.05) is 36.4 Å². The van der Waals surface area contributed by atoms with Crippen molar-refractivity contribution in [3.63, 3.8) is 0 Å². The van der Waals surface area contributed by atoms with Gasteiger partial charge < -0.3 is 5.73 Å². The Hall–Kier alpha value is -3.21. The van der Waals surface area contributed by atoms with Crippen molar-refractivity contribution in [3.05, 3.63) is 88.1 Å². The molecule has 5 heteroatoms. The normalized spacial score (nSPS) is 12.1. The molecule has 2 N–H and O–H groups in total. The molecule has 2 rings (SSSR count). The molecule has 2 aromatic carbocycles. The molecule has 0 aromatic heterocycles. The van der Waals surface area contributed by atoms with E-state index in [2.05, 4.69) is 4.99 Å². The van der Waals surface area contributed by atoms with Gasteiger partial charge in [0.25, 0.3) is 5.69 Å². The number of hydrogen-bond donors (Lipinski definition) is 1. The number of nitro benzene ring substituents is 1. The maximum atomic E-state index is 10.5. The van der Waals surface area contributed by atoms with E-state index in [4.69, 9.17) is 5.73 Å². The van der Waals surface area contributed by atoms with Crippen molar-refractivity contribution in [2.75, 3.05) is 0 Å². The summed E-state index contributed by atoms with van der Waals surface area (Å²) in [7, 11) is 0. The third-order valence-electron chi connectivity index (χ3n) is 2.84. The number of aliphatic imine (C=N–C) groups is 1. The highest BCUT2D eigenvalue weighted by molar-refractivity contribution is 5.95. The third kappa shape index (κ3) is 4.72. The van der Waals surface area contributed by atoms with Crippen molar-refractivity contribution in [3.8, 4) is 0 Å². The fourth-order valence-electron chi connectivity index (χ4n) is 1.71. The second-order valence-electron chi connectivity index (χ2n) is 4.46. The largest absolute Gasteiger partial charge is 0.384 e. The van der Waals surface area contributed by atoms with Gasteiger partial charge in [-0.2, -0.15) is 0 Å². The van der Waals surface area contributed by atoms with Crippen LogP contribution >= 0.6 is 0 Å². The van der Waals surface area contributed by atoms with Crippen LogP contribution in [0.2, 0.25) is 0 Å². The van der Waals surface area contributed by atoms with Crippen molar-refractivity contribution >= 4 is 23.7 Å². The summed E-state index contributed by atoms with van der Waals surface area (Å²) in [6, 6.07) is 16.0. The first-order valence-corrected chi connectivity index (χ1v) is 6.62. The van der Waals surface area contributed by atoms with Gasteiger partial charge in [-0.05, 0) is 35.4 Å². The zero-order valence-corrected chi connectivity index (χ0v) is 11.8. The van der Waals surface area contributed by atoms with Gasteiger partial charge in [0.2, 0.25) is 0 Å². The Kier molecular flexibility index (Phi) is 5.20. The molecule has 110 valence electrons. The summed E-state index contributed by atoms with van der Waals surface area (Å²) in [4.78, 5) is 14.2. The van der Waals surface area contributed by atoms with Crippen LogP contribution in [0.5, 0.6) is 0 Å². The van der Waals surface area contributed by atoms with E-state index in [9.17, 15) is 10.1 Å². The van der Waals surface area contributed by atoms with Crippen molar-refractivity contribution in [2.24, 2.45) is 10.7 Å². The number of nitrogens with two attached hydrogens (primary N) is 1. The molecule has 0 atom stereocenters. The molecule has 0 aliphatic rings. The lowest BCUT2D eigenvalue weighted by molar-refractivity contribution is -0.384. The van der Waals surface area contributed by atoms with E-state index in [0.717, 1.165) is 11.1 Å². The van der Waals surface area contributed by atoms with E-state index in [0.29, 0.717) is 5.84 Å². The molecule has 0 heterocycles. The number of nitrogens with zero attached hydrogens (tertiary/aromatic N) is 2. The van der Waals surface area contributed by atoms with Gasteiger partial charge in [-0.15, -0.1) is 0 Å². The van der Waals surface area contributed by atoms with Crippen LogP contribution in [0.15, 0.2) is 71.9 Å². The maximum absolute atomic E-state index is 10.5. The Morgan fingerprint density at radius 3 is 2.27 bits per heavy atom. The molecule has 2 aromatic rings. The third-order valence-corrected chi connectivity index (χ3v) is 2.84. The van der Waals surface area contributed by atoms with Crippen LogP contribution in [0.25, 0.3) is 12.2 Å². The Bertz CT molecular complexity index is 717. The molecule has 0 radical (unpaired) electrons. The van der Waals surface area contributed by atoms with Gasteiger partial charge in [0.15, 0.2) is 0 Å². The average Bonchev–Trinajstić information content (AvgIpc) is 2.54. The predicted molar refractivity (Wildman–Crippen MR) is 89.2 cm³/mol. The average molecular weight is 293 g/mol. The van der Waals surface area contributed by atoms with E-state index in [1.807, 2.05) is 36.4 Å². The summed E-state index contributed by atoms with van der Waals surface area (Å²) in [5, 5.41) is 10.5. The van der Waals surface area contributed by atoms with Gasteiger partial charge in [0, 0.05) is 18.3 Å². The topological polar surface area (TPSA) is 81.5 Å². The summed E-state index contributed by atoms with van der Waals surface area (Å²) in [6.07, 6.45) is 6.88. The number of nitro groups is 1. The molecule has 0 saturated heterocycles. The van der Waals surface area contributed by atoms with E-state index in [-0.39, 0.29) is 5.69 Å². The SMILES string of the molecule is NC(/C=C/c1ccccc1)=NC=Cc1ccc([N+](=O)[O-])cc1. The van der Waals surface area contributed by atoms with Crippen LogP contribution in [0.4, 0.5) is 5.69 Å². The first kappa shape index (κ1) is 15.2. The van der Waals surface area contributed by atoms with E-state index >= 15 is 0 Å². The zero-order valence-electron chi connectivity index (χ0n) is 11.8. The highest BCUT2D eigenvalue weighted by Gasteiger charge is 2.01. The first-order valence-electron chi connectivity index (χ1n) is 6.62. The fourth-order valence-corrected chi connectivity index (χ4v) is 1.71. The lowest BCUT2D eigenvalue weighted by atomic mass is 10.2. The molecule has 5 nitrogen and oxygen atoms in total. The Labute approximate surface area is 128 Å². The minimum Gasteiger partial charge on any atom is -0.384 e. The molecule has 0 bridgehead atoms. The monoisotopic (exact) mass is 293 g/mol. The molecule has 0 amide bonds. The van der Waals surface area contributed by atoms with Crippen molar-refractivity contribution in [1.29, 1.82) is 0 Å². The van der Waals surface area contributed by atoms with Gasteiger partial charge in [-0.3, -0.25) is 10.1 Å². The van der Waals surface area contributed by atoms with Crippen LogP contribution in [-0.4, -0.2) is 10.8 Å². The van der Waals surface area contributed by atoms with Crippen LogP contribution in [0, 0.1) is 10.1 Å². The Morgan fingerprint density at radius 1 is 1.00 bits per heavy atom. The Morgan fingerprint density at radius 2 is 1.64 bits per heavy atom. The quantitative estimate of drug-likeness (QED) is 0.395. The molecule has 0 fully saturated rings. The van der Waals surface area contributed by atoms with Gasteiger partial charge in [0.1, 0.15) is 5.84 Å². The van der Waals surface area contributed by atoms with E-state index in [1.54, 1.807) is 30.5 Å². The number of rotatable bonds is 5. The number of benzene rings is 2. The Balaban J connectivity index is 1.98. The summed E-state index contributed by atoms with van der Waals surface area (Å²) in [5.74, 6) is 0.377. The second-order valence-corrected chi connectivity index (χ2v) is 4.46. The summed E-state index contributed by atoms with van der Waals surface area (Å²) >= 11 is 0. The predicted octanol–water partition coefficient (Wildman–Crippen LogP) is 3.64. The fraction of sp³-hybridized carbons (Fsp3) is 0. The minimum absolute atomic E-state index is 0.0611. The van der Waals surface area contributed by atoms with Crippen molar-refractivity contribution < 1.29 is 4.92 Å². The molecule has 0 aliphatic carbocycles. The lowest BCUT2D eigenvalue weighted by Crippen LogP contribution is -2.06.